The zero-order valence-electron chi connectivity index (χ0n) is 15.3. The summed E-state index contributed by atoms with van der Waals surface area (Å²) in [5, 5.41) is 0.0323. The third-order valence-corrected chi connectivity index (χ3v) is 6.65. The number of carbonyl (C=O) groups is 1. The van der Waals surface area contributed by atoms with E-state index in [0.717, 1.165) is 12.1 Å². The van der Waals surface area contributed by atoms with Gasteiger partial charge in [-0.15, -0.1) is 0 Å². The number of aromatic nitrogens is 1. The average Bonchev–Trinajstić information content (AvgIpc) is 2.67. The third kappa shape index (κ3) is 5.23. The molecule has 1 aromatic heterocycles. The molecule has 0 spiro atoms. The predicted molar refractivity (Wildman–Crippen MR) is 105 cm³/mol. The molecular weight excluding hydrogens is 466 g/mol. The molecule has 0 radical (unpaired) electrons. The van der Waals surface area contributed by atoms with Gasteiger partial charge in [-0.3, -0.25) is 4.79 Å². The second-order valence-corrected chi connectivity index (χ2v) is 9.20. The minimum atomic E-state index is -4.88. The van der Waals surface area contributed by atoms with Crippen LogP contribution in [0.1, 0.15) is 28.8 Å². The van der Waals surface area contributed by atoms with Gasteiger partial charge in [-0.05, 0) is 43.2 Å². The number of carbonyl (C=O) groups excluding carboxylic acids is 1. The van der Waals surface area contributed by atoms with Crippen LogP contribution in [0.15, 0.2) is 41.4 Å². The molecule has 1 amide bonds. The van der Waals surface area contributed by atoms with Crippen molar-refractivity contribution in [1.82, 2.24) is 14.6 Å². The highest BCUT2D eigenvalue weighted by Gasteiger charge is 2.38. The fraction of sp³-hybridized carbons (Fsp3) is 0.333. The minimum absolute atomic E-state index is 0.218. The summed E-state index contributed by atoms with van der Waals surface area (Å²) in [4.78, 5) is 17.0. The predicted octanol–water partition coefficient (Wildman–Crippen LogP) is 3.99. The Balaban J connectivity index is 1.69. The molecule has 30 heavy (non-hydrogen) atoms. The maximum Gasteiger partial charge on any atom is 0.417 e. The van der Waals surface area contributed by atoms with Crippen LogP contribution >= 0.6 is 23.2 Å². The maximum atomic E-state index is 13.3. The Morgan fingerprint density at radius 3 is 2.37 bits per heavy atom. The number of benzene rings is 1. The van der Waals surface area contributed by atoms with Crippen LogP contribution in [0, 0.1) is 0 Å². The first kappa shape index (κ1) is 22.8. The number of hydrogen-bond acceptors (Lipinski definition) is 4. The van der Waals surface area contributed by atoms with Gasteiger partial charge in [-0.25, -0.2) is 18.1 Å². The Kier molecular flexibility index (Phi) is 6.61. The first-order valence-electron chi connectivity index (χ1n) is 8.77. The van der Waals surface area contributed by atoms with E-state index >= 15 is 0 Å². The molecule has 0 saturated carbocycles. The van der Waals surface area contributed by atoms with Crippen LogP contribution < -0.4 is 4.72 Å². The number of alkyl halides is 3. The molecule has 0 atom stereocenters. The van der Waals surface area contributed by atoms with Gasteiger partial charge in [0.1, 0.15) is 5.15 Å². The van der Waals surface area contributed by atoms with Crippen molar-refractivity contribution in [2.75, 3.05) is 13.1 Å². The average molecular weight is 482 g/mol. The van der Waals surface area contributed by atoms with E-state index in [1.165, 1.54) is 23.2 Å². The summed E-state index contributed by atoms with van der Waals surface area (Å²) in [7, 11) is -4.44. The first-order valence-corrected chi connectivity index (χ1v) is 11.0. The number of pyridine rings is 1. The van der Waals surface area contributed by atoms with Crippen molar-refractivity contribution in [1.29, 1.82) is 0 Å². The van der Waals surface area contributed by atoms with Crippen LogP contribution in [-0.4, -0.2) is 43.3 Å². The third-order valence-electron chi connectivity index (χ3n) is 4.61. The van der Waals surface area contributed by atoms with Crippen LogP contribution in [-0.2, 0) is 16.2 Å². The SMILES string of the molecule is O=C(c1ccc(Cl)nc1)N1CCC(NS(=O)(=O)c2ccc(Cl)cc2C(F)(F)F)CC1. The highest BCUT2D eigenvalue weighted by atomic mass is 35.5. The van der Waals surface area contributed by atoms with Crippen molar-refractivity contribution >= 4 is 39.1 Å². The van der Waals surface area contributed by atoms with E-state index in [-0.39, 0.29) is 42.0 Å². The molecule has 3 rings (SSSR count). The van der Waals surface area contributed by atoms with E-state index in [0.29, 0.717) is 11.6 Å². The van der Waals surface area contributed by atoms with Gasteiger partial charge in [0.2, 0.25) is 10.0 Å². The van der Waals surface area contributed by atoms with E-state index in [9.17, 15) is 26.4 Å². The van der Waals surface area contributed by atoms with Gasteiger partial charge in [-0.1, -0.05) is 23.2 Å². The second kappa shape index (κ2) is 8.70. The number of amides is 1. The summed E-state index contributed by atoms with van der Waals surface area (Å²) in [5.41, 5.74) is -0.986. The molecule has 2 heterocycles. The van der Waals surface area contributed by atoms with Crippen LogP contribution in [0.25, 0.3) is 0 Å². The van der Waals surface area contributed by atoms with Crippen molar-refractivity contribution in [3.63, 3.8) is 0 Å². The number of sulfonamides is 1. The largest absolute Gasteiger partial charge is 0.417 e. The summed E-state index contributed by atoms with van der Waals surface area (Å²) in [6.45, 7) is 0.475. The molecule has 12 heteroatoms. The summed E-state index contributed by atoms with van der Waals surface area (Å²) >= 11 is 11.3. The lowest BCUT2D eigenvalue weighted by Gasteiger charge is -2.32. The summed E-state index contributed by atoms with van der Waals surface area (Å²) < 4.78 is 67.3. The van der Waals surface area contributed by atoms with Gasteiger partial charge in [-0.2, -0.15) is 13.2 Å². The lowest BCUT2D eigenvalue weighted by molar-refractivity contribution is -0.139. The molecule has 1 N–H and O–H groups in total. The Bertz CT molecular complexity index is 1040. The van der Waals surface area contributed by atoms with Crippen molar-refractivity contribution < 1.29 is 26.4 Å². The molecule has 6 nitrogen and oxygen atoms in total. The number of piperidine rings is 1. The fourth-order valence-corrected chi connectivity index (χ4v) is 4.92. The molecular formula is C18H16Cl2F3N3O3S. The molecule has 1 aliphatic heterocycles. The quantitative estimate of drug-likeness (QED) is 0.669. The van der Waals surface area contributed by atoms with Crippen molar-refractivity contribution in [2.45, 2.75) is 30.0 Å². The second-order valence-electron chi connectivity index (χ2n) is 6.70. The molecule has 1 saturated heterocycles. The van der Waals surface area contributed by atoms with Crippen LogP contribution in [0.5, 0.6) is 0 Å². The first-order chi connectivity index (χ1) is 14.0. The highest BCUT2D eigenvalue weighted by Crippen LogP contribution is 2.36. The van der Waals surface area contributed by atoms with Gasteiger partial charge in [0.15, 0.2) is 0 Å². The standard InChI is InChI=1S/C18H16Cl2F3N3O3S/c19-12-2-3-15(14(9-12)18(21,22)23)30(28,29)25-13-5-7-26(8-6-13)17(27)11-1-4-16(20)24-10-11/h1-4,9-10,13,25H,5-8H2. The van der Waals surface area contributed by atoms with Crippen molar-refractivity contribution in [3.05, 3.63) is 57.8 Å². The van der Waals surface area contributed by atoms with E-state index < -0.39 is 32.7 Å². The number of nitrogens with one attached hydrogen (secondary N) is 1. The molecule has 0 aliphatic carbocycles. The Labute approximate surface area is 181 Å². The minimum Gasteiger partial charge on any atom is -0.338 e. The Hall–Kier alpha value is -1.88. The zero-order chi connectivity index (χ0) is 22.1. The summed E-state index contributed by atoms with van der Waals surface area (Å²) in [6.07, 6.45) is -3.03. The van der Waals surface area contributed by atoms with E-state index in [1.807, 2.05) is 0 Å². The number of halogens is 5. The Morgan fingerprint density at radius 1 is 1.13 bits per heavy atom. The van der Waals surface area contributed by atoms with E-state index in [4.69, 9.17) is 23.2 Å². The van der Waals surface area contributed by atoms with Crippen LogP contribution in [0.3, 0.4) is 0 Å². The molecule has 162 valence electrons. The normalized spacial score (nSPS) is 16.0. The van der Waals surface area contributed by atoms with E-state index in [1.54, 1.807) is 0 Å². The number of likely N-dealkylation sites (tertiary alicyclic amines) is 1. The molecule has 1 fully saturated rings. The molecule has 1 aromatic carbocycles. The topological polar surface area (TPSA) is 79.4 Å². The monoisotopic (exact) mass is 481 g/mol. The van der Waals surface area contributed by atoms with Gasteiger partial charge in [0.25, 0.3) is 5.91 Å². The van der Waals surface area contributed by atoms with Gasteiger partial charge in [0.05, 0.1) is 16.0 Å². The van der Waals surface area contributed by atoms with Gasteiger partial charge < -0.3 is 4.90 Å². The maximum absolute atomic E-state index is 13.3. The molecule has 0 bridgehead atoms. The lowest BCUT2D eigenvalue weighted by Crippen LogP contribution is -2.46. The Morgan fingerprint density at radius 2 is 1.80 bits per heavy atom. The molecule has 2 aromatic rings. The smallest absolute Gasteiger partial charge is 0.338 e. The summed E-state index contributed by atoms with van der Waals surface area (Å²) in [5.74, 6) is -0.280. The highest BCUT2D eigenvalue weighted by molar-refractivity contribution is 7.89. The van der Waals surface area contributed by atoms with Crippen molar-refractivity contribution in [2.24, 2.45) is 0 Å². The molecule has 1 aliphatic rings. The van der Waals surface area contributed by atoms with Gasteiger partial charge >= 0.3 is 6.18 Å². The van der Waals surface area contributed by atoms with Crippen LogP contribution in [0.4, 0.5) is 13.2 Å². The lowest BCUT2D eigenvalue weighted by atomic mass is 10.1. The number of nitrogens with zero attached hydrogens (tertiary/aromatic N) is 2. The summed E-state index contributed by atoms with van der Waals surface area (Å²) in [6, 6.07) is 4.91. The van der Waals surface area contributed by atoms with Crippen molar-refractivity contribution in [3.8, 4) is 0 Å². The number of rotatable bonds is 4. The molecule has 0 unspecified atom stereocenters. The fourth-order valence-electron chi connectivity index (χ4n) is 3.13. The van der Waals surface area contributed by atoms with Crippen LogP contribution in [0.2, 0.25) is 10.2 Å². The van der Waals surface area contributed by atoms with Gasteiger partial charge in [0, 0.05) is 30.4 Å². The zero-order valence-corrected chi connectivity index (χ0v) is 17.6. The van der Waals surface area contributed by atoms with E-state index in [2.05, 4.69) is 9.71 Å². The number of hydrogen-bond donors (Lipinski definition) is 1.